The molecule has 0 aromatic heterocycles. The van der Waals surface area contributed by atoms with E-state index in [0.29, 0.717) is 0 Å². The summed E-state index contributed by atoms with van der Waals surface area (Å²) in [4.78, 5) is 0. The number of halogens is 4. The van der Waals surface area contributed by atoms with Crippen molar-refractivity contribution in [1.82, 2.24) is 5.32 Å². The van der Waals surface area contributed by atoms with Crippen molar-refractivity contribution in [2.24, 2.45) is 0 Å². The van der Waals surface area contributed by atoms with Crippen molar-refractivity contribution in [3.63, 3.8) is 0 Å². The summed E-state index contributed by atoms with van der Waals surface area (Å²) in [5, 5.41) is 5.74. The molecule has 7 heteroatoms. The molecule has 0 aliphatic heterocycles. The van der Waals surface area contributed by atoms with Gasteiger partial charge < -0.3 is 14.8 Å². The van der Waals surface area contributed by atoms with Gasteiger partial charge in [0.15, 0.2) is 0 Å². The molecule has 0 fully saturated rings. The summed E-state index contributed by atoms with van der Waals surface area (Å²) >= 11 is 0. The largest absolute Gasteiger partial charge is 0.573 e. The predicted molar refractivity (Wildman–Crippen MR) is 136 cm³/mol. The maximum Gasteiger partial charge on any atom is 0.573 e. The molecule has 184 valence electrons. The van der Waals surface area contributed by atoms with Crippen molar-refractivity contribution in [3.05, 3.63) is 96.1 Å². The van der Waals surface area contributed by atoms with Crippen molar-refractivity contribution in [2.75, 3.05) is 7.11 Å². The highest BCUT2D eigenvalue weighted by Gasteiger charge is 2.31. The molecule has 1 unspecified atom stereocenters. The van der Waals surface area contributed by atoms with E-state index in [1.807, 2.05) is 42.5 Å². The van der Waals surface area contributed by atoms with Crippen LogP contribution in [-0.2, 0) is 0 Å². The molecule has 0 saturated heterocycles. The molecular formula is C28H27ClF3NO2. The molecule has 0 spiro atoms. The van der Waals surface area contributed by atoms with Crippen molar-refractivity contribution >= 4 is 23.2 Å². The molecule has 0 bridgehead atoms. The molecule has 2 atom stereocenters. The Bertz CT molecular complexity index is 1280. The van der Waals surface area contributed by atoms with Crippen molar-refractivity contribution in [3.8, 4) is 22.6 Å². The number of rotatable bonds is 7. The Morgan fingerprint density at radius 1 is 0.743 bits per heavy atom. The Kier molecular flexibility index (Phi) is 8.30. The minimum Gasteiger partial charge on any atom is -0.497 e. The van der Waals surface area contributed by atoms with E-state index in [2.05, 4.69) is 42.1 Å². The van der Waals surface area contributed by atoms with Crippen molar-refractivity contribution < 1.29 is 22.6 Å². The lowest BCUT2D eigenvalue weighted by molar-refractivity contribution is -0.274. The first-order chi connectivity index (χ1) is 16.2. The van der Waals surface area contributed by atoms with Gasteiger partial charge in [-0.05, 0) is 83.3 Å². The second-order valence-corrected chi connectivity index (χ2v) is 8.25. The fraction of sp³-hybridized carbons (Fsp3) is 0.214. The summed E-state index contributed by atoms with van der Waals surface area (Å²) in [6.45, 7) is 4.21. The minimum absolute atomic E-state index is 0. The number of hydrogen-bond donors (Lipinski definition) is 1. The van der Waals surface area contributed by atoms with Crippen molar-refractivity contribution in [1.29, 1.82) is 0 Å². The van der Waals surface area contributed by atoms with Crippen LogP contribution in [0, 0.1) is 0 Å². The van der Waals surface area contributed by atoms with E-state index in [0.717, 1.165) is 38.8 Å². The number of ether oxygens (including phenoxy) is 2. The van der Waals surface area contributed by atoms with Crippen molar-refractivity contribution in [2.45, 2.75) is 32.3 Å². The Labute approximate surface area is 209 Å². The highest BCUT2D eigenvalue weighted by Crippen LogP contribution is 2.34. The third-order valence-corrected chi connectivity index (χ3v) is 5.88. The summed E-state index contributed by atoms with van der Waals surface area (Å²) in [6.07, 6.45) is -4.71. The third kappa shape index (κ3) is 6.47. The monoisotopic (exact) mass is 501 g/mol. The first kappa shape index (κ1) is 26.4. The highest BCUT2D eigenvalue weighted by molar-refractivity contribution is 5.97. The first-order valence-electron chi connectivity index (χ1n) is 11.0. The Balaban J connectivity index is 0.00000342. The molecular weight excluding hydrogens is 475 g/mol. The Morgan fingerprint density at radius 3 is 2.11 bits per heavy atom. The molecule has 0 aliphatic carbocycles. The van der Waals surface area contributed by atoms with Gasteiger partial charge in [0, 0.05) is 12.1 Å². The highest BCUT2D eigenvalue weighted by atomic mass is 35.5. The van der Waals surface area contributed by atoms with Crippen LogP contribution in [-0.4, -0.2) is 13.5 Å². The summed E-state index contributed by atoms with van der Waals surface area (Å²) in [5.74, 6) is 0.573. The summed E-state index contributed by atoms with van der Waals surface area (Å²) in [6, 6.07) is 26.3. The molecule has 1 N–H and O–H groups in total. The zero-order chi connectivity index (χ0) is 24.3. The van der Waals surface area contributed by atoms with Crippen LogP contribution in [0.1, 0.15) is 37.1 Å². The van der Waals surface area contributed by atoms with Gasteiger partial charge >= 0.3 is 6.36 Å². The molecule has 0 saturated carbocycles. The van der Waals surface area contributed by atoms with Gasteiger partial charge in [-0.15, -0.1) is 25.6 Å². The molecule has 0 heterocycles. The number of benzene rings is 4. The first-order valence-corrected chi connectivity index (χ1v) is 11.0. The van der Waals surface area contributed by atoms with Crippen LogP contribution in [0.5, 0.6) is 11.5 Å². The van der Waals surface area contributed by atoms with Gasteiger partial charge in [-0.25, -0.2) is 0 Å². The number of alkyl halides is 3. The second-order valence-electron chi connectivity index (χ2n) is 8.25. The van der Waals surface area contributed by atoms with Gasteiger partial charge in [0.1, 0.15) is 11.5 Å². The molecule has 35 heavy (non-hydrogen) atoms. The zero-order valence-corrected chi connectivity index (χ0v) is 20.4. The average Bonchev–Trinajstić information content (AvgIpc) is 2.83. The minimum atomic E-state index is -4.71. The smallest absolute Gasteiger partial charge is 0.497 e. The van der Waals surface area contributed by atoms with Crippen LogP contribution in [0.4, 0.5) is 13.2 Å². The molecule has 4 aromatic rings. The molecule has 4 rings (SSSR count). The van der Waals surface area contributed by atoms with E-state index in [-0.39, 0.29) is 30.2 Å². The van der Waals surface area contributed by atoms with Crippen LogP contribution in [0.25, 0.3) is 21.9 Å². The Hall–Kier alpha value is -3.22. The van der Waals surface area contributed by atoms with E-state index in [9.17, 15) is 13.2 Å². The van der Waals surface area contributed by atoms with Crippen LogP contribution >= 0.6 is 12.4 Å². The van der Waals surface area contributed by atoms with Crippen LogP contribution in [0.2, 0.25) is 0 Å². The van der Waals surface area contributed by atoms with Gasteiger partial charge in [0.25, 0.3) is 0 Å². The summed E-state index contributed by atoms with van der Waals surface area (Å²) < 4.78 is 47.0. The summed E-state index contributed by atoms with van der Waals surface area (Å²) in [7, 11) is 1.65. The third-order valence-electron chi connectivity index (χ3n) is 5.88. The second kappa shape index (κ2) is 11.0. The number of nitrogens with one attached hydrogen (secondary N) is 1. The standard InChI is InChI=1S/C28H26F3NO2.ClH/c1-18(21-8-6-9-25(16-21)33-3)32-19(2)23-15-22-7-4-5-10-26(22)27(17-23)20-11-13-24(14-12-20)34-28(29,30)31;/h4-19,32H,1-3H3;1H/t18-,19?;/m1./s1. The van der Waals surface area contributed by atoms with Crippen LogP contribution in [0.3, 0.4) is 0 Å². The molecule has 0 radical (unpaired) electrons. The maximum atomic E-state index is 12.5. The van der Waals surface area contributed by atoms with Crippen LogP contribution in [0.15, 0.2) is 84.9 Å². The van der Waals surface area contributed by atoms with Gasteiger partial charge in [0.05, 0.1) is 7.11 Å². The molecule has 0 amide bonds. The Morgan fingerprint density at radius 2 is 1.43 bits per heavy atom. The number of methoxy groups -OCH3 is 1. The number of hydrogen-bond acceptors (Lipinski definition) is 3. The topological polar surface area (TPSA) is 30.5 Å². The lowest BCUT2D eigenvalue weighted by atomic mass is 9.93. The van der Waals surface area contributed by atoms with Gasteiger partial charge in [0.2, 0.25) is 0 Å². The predicted octanol–water partition coefficient (Wildman–Crippen LogP) is 8.25. The SMILES string of the molecule is COc1cccc([C@@H](C)NC(C)c2cc(-c3ccc(OC(F)(F)F)cc3)c3ccccc3c2)c1.Cl. The van der Waals surface area contributed by atoms with E-state index >= 15 is 0 Å². The molecule has 3 nitrogen and oxygen atoms in total. The molecule has 0 aliphatic rings. The lowest BCUT2D eigenvalue weighted by Gasteiger charge is -2.22. The molecule has 4 aromatic carbocycles. The lowest BCUT2D eigenvalue weighted by Crippen LogP contribution is -2.22. The quantitative estimate of drug-likeness (QED) is 0.276. The van der Waals surface area contributed by atoms with Gasteiger partial charge in [-0.2, -0.15) is 0 Å². The average molecular weight is 502 g/mol. The van der Waals surface area contributed by atoms with E-state index < -0.39 is 6.36 Å². The normalized spacial score (nSPS) is 13.1. The summed E-state index contributed by atoms with van der Waals surface area (Å²) in [5.41, 5.74) is 3.97. The maximum absolute atomic E-state index is 12.5. The van der Waals surface area contributed by atoms with E-state index in [1.165, 1.54) is 12.1 Å². The van der Waals surface area contributed by atoms with Gasteiger partial charge in [-0.3, -0.25) is 0 Å². The number of fused-ring (bicyclic) bond motifs is 1. The fourth-order valence-corrected chi connectivity index (χ4v) is 4.14. The van der Waals surface area contributed by atoms with Gasteiger partial charge in [-0.1, -0.05) is 48.5 Å². The van der Waals surface area contributed by atoms with Crippen LogP contribution < -0.4 is 14.8 Å². The fourth-order valence-electron chi connectivity index (χ4n) is 4.14. The van der Waals surface area contributed by atoms with E-state index in [4.69, 9.17) is 4.74 Å². The van der Waals surface area contributed by atoms with E-state index in [1.54, 1.807) is 19.2 Å². The zero-order valence-electron chi connectivity index (χ0n) is 19.6.